The molecular weight excluding hydrogens is 174 g/mol. The van der Waals surface area contributed by atoms with Crippen LogP contribution >= 0.6 is 11.6 Å². The number of nitriles is 1. The number of aliphatic hydroxyl groups excluding tert-OH is 1. The molecule has 0 atom stereocenters. The second-order valence-electron chi connectivity index (χ2n) is 2.42. The van der Waals surface area contributed by atoms with Gasteiger partial charge in [-0.1, -0.05) is 23.7 Å². The van der Waals surface area contributed by atoms with Gasteiger partial charge in [-0.2, -0.15) is 5.26 Å². The number of rotatable bonds is 2. The molecule has 1 N–H and O–H groups in total. The number of hydrogen-bond acceptors (Lipinski definition) is 2. The third-order valence-corrected chi connectivity index (χ3v) is 1.93. The van der Waals surface area contributed by atoms with Crippen molar-refractivity contribution in [1.82, 2.24) is 0 Å². The minimum atomic E-state index is -0.0183. The maximum atomic E-state index is 8.80. The van der Waals surface area contributed by atoms with Crippen LogP contribution in [0, 0.1) is 11.3 Å². The van der Waals surface area contributed by atoms with Crippen molar-refractivity contribution in [2.45, 2.75) is 13.0 Å². The average Bonchev–Trinajstić information content (AvgIpc) is 2.09. The largest absolute Gasteiger partial charge is 0.392 e. The van der Waals surface area contributed by atoms with Gasteiger partial charge in [0.25, 0.3) is 0 Å². The Balaban J connectivity index is 3.01. The third-order valence-electron chi connectivity index (χ3n) is 1.56. The van der Waals surface area contributed by atoms with Crippen molar-refractivity contribution >= 4 is 11.6 Å². The summed E-state index contributed by atoms with van der Waals surface area (Å²) in [6.07, 6.45) is 0.284. The molecule has 0 saturated carbocycles. The number of halogens is 1. The molecule has 1 rings (SSSR count). The van der Waals surface area contributed by atoms with Gasteiger partial charge in [0.1, 0.15) is 0 Å². The molecule has 0 unspecified atom stereocenters. The molecule has 0 radical (unpaired) electrons. The van der Waals surface area contributed by atoms with Crippen molar-refractivity contribution < 1.29 is 5.11 Å². The number of aliphatic hydroxyl groups is 1. The van der Waals surface area contributed by atoms with Crippen LogP contribution < -0.4 is 0 Å². The number of benzene rings is 1. The molecule has 0 spiro atoms. The van der Waals surface area contributed by atoms with Crippen molar-refractivity contribution in [3.8, 4) is 6.07 Å². The summed E-state index contributed by atoms with van der Waals surface area (Å²) in [5.41, 5.74) is 1.55. The number of hydrogen-bond donors (Lipinski definition) is 1. The maximum absolute atomic E-state index is 8.80. The minimum Gasteiger partial charge on any atom is -0.392 e. The lowest BCUT2D eigenvalue weighted by molar-refractivity contribution is 0.282. The van der Waals surface area contributed by atoms with Gasteiger partial charge in [0.2, 0.25) is 0 Å². The van der Waals surface area contributed by atoms with Crippen molar-refractivity contribution in [1.29, 1.82) is 5.26 Å². The highest BCUT2D eigenvalue weighted by Crippen LogP contribution is 2.17. The zero-order valence-corrected chi connectivity index (χ0v) is 7.17. The van der Waals surface area contributed by atoms with E-state index in [9.17, 15) is 0 Å². The van der Waals surface area contributed by atoms with Gasteiger partial charge in [0.05, 0.1) is 19.1 Å². The second-order valence-corrected chi connectivity index (χ2v) is 2.83. The van der Waals surface area contributed by atoms with Crippen molar-refractivity contribution in [3.05, 3.63) is 34.3 Å². The molecule has 0 aliphatic heterocycles. The van der Waals surface area contributed by atoms with Crippen LogP contribution in [0.25, 0.3) is 0 Å². The van der Waals surface area contributed by atoms with Crippen LogP contribution in [0.2, 0.25) is 5.02 Å². The van der Waals surface area contributed by atoms with Gasteiger partial charge >= 0.3 is 0 Å². The van der Waals surface area contributed by atoms with E-state index in [0.29, 0.717) is 5.02 Å². The van der Waals surface area contributed by atoms with E-state index in [2.05, 4.69) is 0 Å². The van der Waals surface area contributed by atoms with Gasteiger partial charge in [-0.15, -0.1) is 0 Å². The molecule has 2 nitrogen and oxygen atoms in total. The van der Waals surface area contributed by atoms with Gasteiger partial charge in [-0.05, 0) is 17.2 Å². The van der Waals surface area contributed by atoms with E-state index in [-0.39, 0.29) is 13.0 Å². The summed E-state index contributed by atoms with van der Waals surface area (Å²) in [4.78, 5) is 0. The summed E-state index contributed by atoms with van der Waals surface area (Å²) in [6, 6.07) is 7.19. The fourth-order valence-corrected chi connectivity index (χ4v) is 1.13. The van der Waals surface area contributed by atoms with E-state index in [1.165, 1.54) is 0 Å². The van der Waals surface area contributed by atoms with Crippen LogP contribution in [0.15, 0.2) is 18.2 Å². The molecule has 0 saturated heterocycles. The standard InChI is InChI=1S/C9H8ClNO/c10-9-2-1-7(6-12)5-8(9)3-4-11/h1-2,5,12H,3,6H2. The molecule has 12 heavy (non-hydrogen) atoms. The summed E-state index contributed by atoms with van der Waals surface area (Å²) in [6.45, 7) is -0.0183. The van der Waals surface area contributed by atoms with Gasteiger partial charge in [0.15, 0.2) is 0 Å². The van der Waals surface area contributed by atoms with E-state index in [1.807, 2.05) is 6.07 Å². The van der Waals surface area contributed by atoms with Crippen LogP contribution in [-0.4, -0.2) is 5.11 Å². The van der Waals surface area contributed by atoms with Crippen molar-refractivity contribution in [2.24, 2.45) is 0 Å². The molecule has 0 aliphatic rings. The third kappa shape index (κ3) is 1.97. The smallest absolute Gasteiger partial charge is 0.0681 e. The average molecular weight is 182 g/mol. The topological polar surface area (TPSA) is 44.0 Å². The highest BCUT2D eigenvalue weighted by atomic mass is 35.5. The first kappa shape index (κ1) is 9.05. The Bertz CT molecular complexity index is 317. The minimum absolute atomic E-state index is 0.0183. The summed E-state index contributed by atoms with van der Waals surface area (Å²) in [5, 5.41) is 17.8. The van der Waals surface area contributed by atoms with E-state index >= 15 is 0 Å². The SMILES string of the molecule is N#CCc1cc(CO)ccc1Cl. The monoisotopic (exact) mass is 181 g/mol. The summed E-state index contributed by atoms with van der Waals surface area (Å²) >= 11 is 5.80. The molecule has 62 valence electrons. The Morgan fingerprint density at radius 3 is 2.83 bits per heavy atom. The summed E-state index contributed by atoms with van der Waals surface area (Å²) in [5.74, 6) is 0. The normalized spacial score (nSPS) is 9.42. The highest BCUT2D eigenvalue weighted by Gasteiger charge is 2.00. The predicted molar refractivity (Wildman–Crippen MR) is 46.7 cm³/mol. The van der Waals surface area contributed by atoms with Crippen LogP contribution in [-0.2, 0) is 13.0 Å². The fraction of sp³-hybridized carbons (Fsp3) is 0.222. The van der Waals surface area contributed by atoms with Gasteiger partial charge in [-0.3, -0.25) is 0 Å². The quantitative estimate of drug-likeness (QED) is 0.758. The summed E-state index contributed by atoms with van der Waals surface area (Å²) in [7, 11) is 0. The van der Waals surface area contributed by atoms with Gasteiger partial charge in [-0.25, -0.2) is 0 Å². The lowest BCUT2D eigenvalue weighted by Gasteiger charge is -2.01. The van der Waals surface area contributed by atoms with Gasteiger partial charge in [0, 0.05) is 5.02 Å². The lowest BCUT2D eigenvalue weighted by atomic mass is 10.1. The Morgan fingerprint density at radius 2 is 2.25 bits per heavy atom. The molecule has 0 heterocycles. The van der Waals surface area contributed by atoms with E-state index in [0.717, 1.165) is 11.1 Å². The van der Waals surface area contributed by atoms with Crippen LogP contribution in [0.5, 0.6) is 0 Å². The lowest BCUT2D eigenvalue weighted by Crippen LogP contribution is -1.88. The first-order valence-electron chi connectivity index (χ1n) is 3.53. The zero-order valence-electron chi connectivity index (χ0n) is 6.42. The maximum Gasteiger partial charge on any atom is 0.0681 e. The first-order chi connectivity index (χ1) is 5.77. The fourth-order valence-electron chi connectivity index (χ4n) is 0.947. The molecule has 0 bridgehead atoms. The Kier molecular flexibility index (Phi) is 3.09. The van der Waals surface area contributed by atoms with Crippen LogP contribution in [0.4, 0.5) is 0 Å². The molecule has 1 aromatic carbocycles. The summed E-state index contributed by atoms with van der Waals surface area (Å²) < 4.78 is 0. The Hall–Kier alpha value is -1.04. The van der Waals surface area contributed by atoms with Crippen molar-refractivity contribution in [2.75, 3.05) is 0 Å². The molecule has 0 aromatic heterocycles. The van der Waals surface area contributed by atoms with E-state index in [4.69, 9.17) is 22.0 Å². The van der Waals surface area contributed by atoms with Crippen LogP contribution in [0.3, 0.4) is 0 Å². The van der Waals surface area contributed by atoms with E-state index < -0.39 is 0 Å². The first-order valence-corrected chi connectivity index (χ1v) is 3.91. The second kappa shape index (κ2) is 4.10. The highest BCUT2D eigenvalue weighted by molar-refractivity contribution is 6.31. The molecule has 3 heteroatoms. The molecule has 0 amide bonds. The number of nitrogens with zero attached hydrogens (tertiary/aromatic N) is 1. The molecule has 0 fully saturated rings. The van der Waals surface area contributed by atoms with Crippen LogP contribution in [0.1, 0.15) is 11.1 Å². The zero-order chi connectivity index (χ0) is 8.97. The Morgan fingerprint density at radius 1 is 1.50 bits per heavy atom. The van der Waals surface area contributed by atoms with Gasteiger partial charge < -0.3 is 5.11 Å². The molecule has 0 aliphatic carbocycles. The predicted octanol–water partition coefficient (Wildman–Crippen LogP) is 1.90. The molecular formula is C9H8ClNO. The Labute approximate surface area is 76.0 Å². The molecule has 1 aromatic rings. The van der Waals surface area contributed by atoms with E-state index in [1.54, 1.807) is 18.2 Å². The van der Waals surface area contributed by atoms with Crippen molar-refractivity contribution in [3.63, 3.8) is 0 Å².